The monoisotopic (exact) mass is 190 g/mol. The SMILES string of the molecule is COOC(=O)CCCCCC(=O)O. The third-order valence-corrected chi connectivity index (χ3v) is 1.45. The van der Waals surface area contributed by atoms with Gasteiger partial charge in [-0.1, -0.05) is 6.42 Å². The van der Waals surface area contributed by atoms with Crippen LogP contribution < -0.4 is 0 Å². The Balaban J connectivity index is 3.16. The molecule has 76 valence electrons. The standard InChI is InChI=1S/C8H14O5/c1-12-13-8(11)6-4-2-3-5-7(9)10/h2-6H2,1H3,(H,9,10). The van der Waals surface area contributed by atoms with E-state index in [1.165, 1.54) is 7.11 Å². The maximum Gasteiger partial charge on any atom is 0.342 e. The number of rotatable bonds is 7. The molecule has 13 heavy (non-hydrogen) atoms. The highest BCUT2D eigenvalue weighted by Crippen LogP contribution is 2.03. The summed E-state index contributed by atoms with van der Waals surface area (Å²) in [5, 5.41) is 8.29. The lowest BCUT2D eigenvalue weighted by Crippen LogP contribution is -2.02. The molecule has 0 spiro atoms. The molecule has 0 fully saturated rings. The van der Waals surface area contributed by atoms with Crippen molar-refractivity contribution in [3.05, 3.63) is 0 Å². The number of carbonyl (C=O) groups excluding carboxylic acids is 1. The average molecular weight is 190 g/mol. The summed E-state index contributed by atoms with van der Waals surface area (Å²) in [5.41, 5.74) is 0. The van der Waals surface area contributed by atoms with Gasteiger partial charge in [0.05, 0.1) is 7.11 Å². The molecule has 0 radical (unpaired) electrons. The first-order chi connectivity index (χ1) is 6.16. The van der Waals surface area contributed by atoms with Crippen LogP contribution in [-0.4, -0.2) is 24.2 Å². The molecule has 0 unspecified atom stereocenters. The molecule has 0 aliphatic carbocycles. The van der Waals surface area contributed by atoms with Crippen molar-refractivity contribution in [3.63, 3.8) is 0 Å². The van der Waals surface area contributed by atoms with E-state index in [0.717, 1.165) is 0 Å². The number of unbranched alkanes of at least 4 members (excludes halogenated alkanes) is 2. The molecular weight excluding hydrogens is 176 g/mol. The van der Waals surface area contributed by atoms with Crippen LogP contribution in [0.3, 0.4) is 0 Å². The van der Waals surface area contributed by atoms with E-state index in [9.17, 15) is 9.59 Å². The van der Waals surface area contributed by atoms with E-state index in [0.29, 0.717) is 19.3 Å². The van der Waals surface area contributed by atoms with E-state index in [1.54, 1.807) is 0 Å². The van der Waals surface area contributed by atoms with Crippen LogP contribution in [0.5, 0.6) is 0 Å². The number of aliphatic carboxylic acids is 1. The molecule has 0 aromatic carbocycles. The molecule has 0 atom stereocenters. The van der Waals surface area contributed by atoms with Gasteiger partial charge in [0.15, 0.2) is 0 Å². The van der Waals surface area contributed by atoms with Gasteiger partial charge in [-0.15, -0.1) is 0 Å². The third kappa shape index (κ3) is 8.81. The number of hydrogen-bond donors (Lipinski definition) is 1. The van der Waals surface area contributed by atoms with Gasteiger partial charge in [0.1, 0.15) is 0 Å². The maximum atomic E-state index is 10.7. The zero-order valence-electron chi connectivity index (χ0n) is 7.62. The minimum Gasteiger partial charge on any atom is -0.481 e. The summed E-state index contributed by atoms with van der Waals surface area (Å²) in [6.45, 7) is 0. The summed E-state index contributed by atoms with van der Waals surface area (Å²) in [6, 6.07) is 0. The van der Waals surface area contributed by atoms with Gasteiger partial charge in [-0.2, -0.15) is 4.89 Å². The molecule has 0 bridgehead atoms. The Morgan fingerprint density at radius 3 is 2.31 bits per heavy atom. The minimum atomic E-state index is -0.806. The Labute approximate surface area is 76.6 Å². The van der Waals surface area contributed by atoms with Crippen molar-refractivity contribution in [2.45, 2.75) is 32.1 Å². The van der Waals surface area contributed by atoms with Crippen molar-refractivity contribution < 1.29 is 24.5 Å². The molecule has 0 amide bonds. The molecule has 5 nitrogen and oxygen atoms in total. The summed E-state index contributed by atoms with van der Waals surface area (Å²) >= 11 is 0. The zero-order valence-corrected chi connectivity index (χ0v) is 7.62. The van der Waals surface area contributed by atoms with Gasteiger partial charge in [0.2, 0.25) is 0 Å². The van der Waals surface area contributed by atoms with Crippen LogP contribution in [0.1, 0.15) is 32.1 Å². The Morgan fingerprint density at radius 1 is 1.15 bits per heavy atom. The molecule has 1 N–H and O–H groups in total. The van der Waals surface area contributed by atoms with E-state index in [2.05, 4.69) is 9.78 Å². The minimum absolute atomic E-state index is 0.152. The first-order valence-corrected chi connectivity index (χ1v) is 4.12. The Morgan fingerprint density at radius 2 is 1.77 bits per heavy atom. The van der Waals surface area contributed by atoms with Crippen molar-refractivity contribution in [3.8, 4) is 0 Å². The second-order valence-corrected chi connectivity index (χ2v) is 2.58. The largest absolute Gasteiger partial charge is 0.481 e. The maximum absolute atomic E-state index is 10.7. The second kappa shape index (κ2) is 7.54. The van der Waals surface area contributed by atoms with Gasteiger partial charge >= 0.3 is 11.9 Å². The lowest BCUT2D eigenvalue weighted by Gasteiger charge is -1.98. The van der Waals surface area contributed by atoms with E-state index in [1.807, 2.05) is 0 Å². The van der Waals surface area contributed by atoms with E-state index < -0.39 is 11.9 Å². The molecule has 0 saturated heterocycles. The number of carboxylic acids is 1. The number of carbonyl (C=O) groups is 2. The molecule has 5 heteroatoms. The van der Waals surface area contributed by atoms with Crippen molar-refractivity contribution >= 4 is 11.9 Å². The van der Waals surface area contributed by atoms with Gasteiger partial charge in [-0.25, -0.2) is 4.79 Å². The van der Waals surface area contributed by atoms with Crippen LogP contribution in [0.4, 0.5) is 0 Å². The lowest BCUT2D eigenvalue weighted by molar-refractivity contribution is -0.255. The first kappa shape index (κ1) is 11.9. The van der Waals surface area contributed by atoms with Gasteiger partial charge in [0, 0.05) is 12.8 Å². The molecule has 0 saturated carbocycles. The Hall–Kier alpha value is -1.10. The van der Waals surface area contributed by atoms with Crippen LogP contribution in [0.25, 0.3) is 0 Å². The summed E-state index contributed by atoms with van der Waals surface area (Å²) in [7, 11) is 1.27. The molecule has 0 aromatic heterocycles. The highest BCUT2D eigenvalue weighted by atomic mass is 17.2. The molecule has 0 aliphatic rings. The van der Waals surface area contributed by atoms with E-state index in [-0.39, 0.29) is 12.8 Å². The predicted molar refractivity (Wildman–Crippen MR) is 43.8 cm³/mol. The quantitative estimate of drug-likeness (QED) is 0.370. The van der Waals surface area contributed by atoms with E-state index >= 15 is 0 Å². The van der Waals surface area contributed by atoms with Crippen molar-refractivity contribution in [2.75, 3.05) is 7.11 Å². The topological polar surface area (TPSA) is 72.8 Å². The fourth-order valence-electron chi connectivity index (χ4n) is 0.857. The van der Waals surface area contributed by atoms with Gasteiger partial charge in [-0.05, 0) is 12.8 Å². The molecule has 0 rings (SSSR count). The zero-order chi connectivity index (χ0) is 10.1. The van der Waals surface area contributed by atoms with Crippen molar-refractivity contribution in [2.24, 2.45) is 0 Å². The normalized spacial score (nSPS) is 9.62. The van der Waals surface area contributed by atoms with Crippen LogP contribution in [0.2, 0.25) is 0 Å². The summed E-state index contributed by atoms with van der Waals surface area (Å²) in [5.74, 6) is -1.22. The van der Waals surface area contributed by atoms with Crippen LogP contribution >= 0.6 is 0 Å². The summed E-state index contributed by atoms with van der Waals surface area (Å²) in [6.07, 6.45) is 2.36. The van der Waals surface area contributed by atoms with Crippen LogP contribution in [0, 0.1) is 0 Å². The Kier molecular flexibility index (Phi) is 6.91. The first-order valence-electron chi connectivity index (χ1n) is 4.12. The molecular formula is C8H14O5. The van der Waals surface area contributed by atoms with Gasteiger partial charge < -0.3 is 5.11 Å². The fourth-order valence-corrected chi connectivity index (χ4v) is 0.857. The van der Waals surface area contributed by atoms with Crippen molar-refractivity contribution in [1.29, 1.82) is 0 Å². The summed E-state index contributed by atoms with van der Waals surface area (Å²) in [4.78, 5) is 29.1. The number of carboxylic acid groups (broad SMARTS) is 1. The molecule has 0 aliphatic heterocycles. The average Bonchev–Trinajstić information content (AvgIpc) is 2.03. The molecule has 0 aromatic rings. The highest BCUT2D eigenvalue weighted by molar-refractivity contribution is 5.68. The van der Waals surface area contributed by atoms with Gasteiger partial charge in [0.25, 0.3) is 0 Å². The predicted octanol–water partition coefficient (Wildman–Crippen LogP) is 1.13. The number of hydrogen-bond acceptors (Lipinski definition) is 4. The smallest absolute Gasteiger partial charge is 0.342 e. The van der Waals surface area contributed by atoms with Crippen LogP contribution in [0.15, 0.2) is 0 Å². The van der Waals surface area contributed by atoms with Gasteiger partial charge in [-0.3, -0.25) is 9.68 Å². The van der Waals surface area contributed by atoms with Crippen LogP contribution in [-0.2, 0) is 19.4 Å². The lowest BCUT2D eigenvalue weighted by atomic mass is 10.1. The summed E-state index contributed by atoms with van der Waals surface area (Å²) < 4.78 is 0. The second-order valence-electron chi connectivity index (χ2n) is 2.58. The fraction of sp³-hybridized carbons (Fsp3) is 0.750. The molecule has 0 heterocycles. The third-order valence-electron chi connectivity index (χ3n) is 1.45. The Bertz CT molecular complexity index is 166. The highest BCUT2D eigenvalue weighted by Gasteiger charge is 2.03. The van der Waals surface area contributed by atoms with E-state index in [4.69, 9.17) is 5.11 Å². The van der Waals surface area contributed by atoms with Crippen molar-refractivity contribution in [1.82, 2.24) is 0 Å².